The van der Waals surface area contributed by atoms with Crippen LogP contribution in [0.2, 0.25) is 0 Å². The number of amides is 1. The minimum Gasteiger partial charge on any atom is -0.419 e. The zero-order valence-electron chi connectivity index (χ0n) is 17.3. The smallest absolute Gasteiger partial charge is 0.343 e. The molecule has 0 unspecified atom stereocenters. The van der Waals surface area contributed by atoms with Gasteiger partial charge in [-0.15, -0.1) is 12.4 Å². The molecule has 0 aliphatic rings. The van der Waals surface area contributed by atoms with Crippen LogP contribution in [0.15, 0.2) is 66.7 Å². The number of hydrogen-bond donors (Lipinski definition) is 1. The van der Waals surface area contributed by atoms with E-state index >= 15 is 0 Å². The molecule has 0 radical (unpaired) electrons. The van der Waals surface area contributed by atoms with Gasteiger partial charge >= 0.3 is 11.9 Å². The summed E-state index contributed by atoms with van der Waals surface area (Å²) in [6, 6.07) is 18.3. The van der Waals surface area contributed by atoms with Crippen LogP contribution >= 0.6 is 12.4 Å². The van der Waals surface area contributed by atoms with Gasteiger partial charge in [0.1, 0.15) is 0 Å². The van der Waals surface area contributed by atoms with Gasteiger partial charge in [-0.1, -0.05) is 35.4 Å². The Kier molecular flexibility index (Phi) is 7.94. The first-order valence-corrected chi connectivity index (χ1v) is 9.31. The third-order valence-electron chi connectivity index (χ3n) is 4.24. The van der Waals surface area contributed by atoms with Crippen molar-refractivity contribution in [2.24, 2.45) is 0 Å². The summed E-state index contributed by atoms with van der Waals surface area (Å²) in [7, 11) is 0. The Hall–Kier alpha value is -3.64. The number of esters is 2. The zero-order chi connectivity index (χ0) is 21.7. The van der Waals surface area contributed by atoms with E-state index in [-0.39, 0.29) is 29.8 Å². The Balaban J connectivity index is 0.00000341. The number of nitrogens with one attached hydrogen (secondary N) is 1. The van der Waals surface area contributed by atoms with Crippen LogP contribution in [0.4, 0.5) is 5.69 Å². The highest BCUT2D eigenvalue weighted by Crippen LogP contribution is 2.32. The average molecular weight is 440 g/mol. The number of aryl methyl sites for hydroxylation is 2. The third-order valence-corrected chi connectivity index (χ3v) is 4.24. The summed E-state index contributed by atoms with van der Waals surface area (Å²) < 4.78 is 10.9. The second kappa shape index (κ2) is 10.4. The molecule has 0 bridgehead atoms. The number of rotatable bonds is 5. The van der Waals surface area contributed by atoms with Crippen molar-refractivity contribution < 1.29 is 23.9 Å². The summed E-state index contributed by atoms with van der Waals surface area (Å²) in [5.41, 5.74) is 3.14. The zero-order valence-corrected chi connectivity index (χ0v) is 18.1. The SMILES string of the molecule is CC(=O)Nc1ccc(OC(=O)c2ccc(C)cc2)c(OC(=O)c2ccc(C)cc2)c1.Cl. The van der Waals surface area contributed by atoms with Gasteiger partial charge in [-0.3, -0.25) is 4.79 Å². The fourth-order valence-electron chi connectivity index (χ4n) is 2.65. The maximum Gasteiger partial charge on any atom is 0.343 e. The van der Waals surface area contributed by atoms with Crippen LogP contribution in [0.25, 0.3) is 0 Å². The molecule has 3 aromatic carbocycles. The maximum atomic E-state index is 12.6. The van der Waals surface area contributed by atoms with E-state index in [0.29, 0.717) is 16.8 Å². The highest BCUT2D eigenvalue weighted by atomic mass is 35.5. The van der Waals surface area contributed by atoms with Crippen molar-refractivity contribution in [2.75, 3.05) is 5.32 Å². The summed E-state index contributed by atoms with van der Waals surface area (Å²) >= 11 is 0. The standard InChI is InChI=1S/C24H21NO5.ClH/c1-15-4-8-18(9-5-15)23(27)29-21-13-12-20(25-17(3)26)14-22(21)30-24(28)19-10-6-16(2)7-11-19;/h4-14H,1-3H3,(H,25,26);1H. The molecule has 0 fully saturated rings. The van der Waals surface area contributed by atoms with Gasteiger partial charge in [0.25, 0.3) is 0 Å². The van der Waals surface area contributed by atoms with Gasteiger partial charge in [0.05, 0.1) is 11.1 Å². The number of hydrogen-bond acceptors (Lipinski definition) is 5. The average Bonchev–Trinajstić information content (AvgIpc) is 2.70. The Labute approximate surface area is 186 Å². The van der Waals surface area contributed by atoms with Crippen LogP contribution < -0.4 is 14.8 Å². The summed E-state index contributed by atoms with van der Waals surface area (Å²) in [5.74, 6) is -1.39. The molecule has 1 N–H and O–H groups in total. The molecule has 1 amide bonds. The minimum absolute atomic E-state index is 0. The van der Waals surface area contributed by atoms with Crippen LogP contribution in [0.5, 0.6) is 11.5 Å². The van der Waals surface area contributed by atoms with Gasteiger partial charge < -0.3 is 14.8 Å². The van der Waals surface area contributed by atoms with Crippen molar-refractivity contribution in [3.8, 4) is 11.5 Å². The molecule has 0 aliphatic heterocycles. The lowest BCUT2D eigenvalue weighted by Gasteiger charge is -2.13. The number of benzene rings is 3. The third kappa shape index (κ3) is 6.42. The lowest BCUT2D eigenvalue weighted by Crippen LogP contribution is -2.13. The molecular weight excluding hydrogens is 418 g/mol. The molecule has 7 heteroatoms. The second-order valence-corrected chi connectivity index (χ2v) is 6.85. The summed E-state index contributed by atoms with van der Waals surface area (Å²) in [6.07, 6.45) is 0. The number of carbonyl (C=O) groups excluding carboxylic acids is 3. The summed E-state index contributed by atoms with van der Waals surface area (Å²) in [5, 5.41) is 2.61. The van der Waals surface area contributed by atoms with Crippen LogP contribution in [-0.2, 0) is 4.79 Å². The van der Waals surface area contributed by atoms with E-state index in [1.54, 1.807) is 54.6 Å². The quantitative estimate of drug-likeness (QED) is 0.440. The number of ether oxygens (including phenoxy) is 2. The fraction of sp³-hybridized carbons (Fsp3) is 0.125. The molecule has 31 heavy (non-hydrogen) atoms. The molecule has 3 aromatic rings. The van der Waals surface area contributed by atoms with E-state index in [1.807, 2.05) is 13.8 Å². The van der Waals surface area contributed by atoms with Crippen molar-refractivity contribution in [2.45, 2.75) is 20.8 Å². The predicted octanol–water partition coefficient (Wildman–Crippen LogP) is 5.12. The van der Waals surface area contributed by atoms with Crippen molar-refractivity contribution in [1.29, 1.82) is 0 Å². The van der Waals surface area contributed by atoms with Gasteiger partial charge in [-0.2, -0.15) is 0 Å². The first-order chi connectivity index (χ1) is 14.3. The van der Waals surface area contributed by atoms with Gasteiger partial charge in [0, 0.05) is 18.7 Å². The van der Waals surface area contributed by atoms with Gasteiger partial charge in [-0.25, -0.2) is 9.59 Å². The van der Waals surface area contributed by atoms with Crippen molar-refractivity contribution in [3.05, 3.63) is 89.0 Å². The molecule has 0 saturated carbocycles. The minimum atomic E-state index is -0.609. The van der Waals surface area contributed by atoms with Crippen molar-refractivity contribution >= 4 is 35.9 Å². The van der Waals surface area contributed by atoms with Crippen LogP contribution in [-0.4, -0.2) is 17.8 Å². The number of halogens is 1. The van der Waals surface area contributed by atoms with Crippen LogP contribution in [0.1, 0.15) is 38.8 Å². The van der Waals surface area contributed by atoms with Gasteiger partial charge in [0.2, 0.25) is 5.91 Å². The highest BCUT2D eigenvalue weighted by Gasteiger charge is 2.17. The Bertz CT molecular complexity index is 1090. The molecule has 0 spiro atoms. The molecule has 0 saturated heterocycles. The fourth-order valence-corrected chi connectivity index (χ4v) is 2.65. The largest absolute Gasteiger partial charge is 0.419 e. The first-order valence-electron chi connectivity index (χ1n) is 9.31. The molecule has 0 atom stereocenters. The summed E-state index contributed by atoms with van der Waals surface area (Å²) in [6.45, 7) is 5.19. The monoisotopic (exact) mass is 439 g/mol. The van der Waals surface area contributed by atoms with E-state index < -0.39 is 11.9 Å². The van der Waals surface area contributed by atoms with E-state index in [2.05, 4.69) is 5.32 Å². The number of carbonyl (C=O) groups is 3. The van der Waals surface area contributed by atoms with E-state index in [1.165, 1.54) is 19.1 Å². The van der Waals surface area contributed by atoms with Crippen LogP contribution in [0.3, 0.4) is 0 Å². The van der Waals surface area contributed by atoms with Gasteiger partial charge in [-0.05, 0) is 50.2 Å². The highest BCUT2D eigenvalue weighted by molar-refractivity contribution is 5.94. The normalized spacial score (nSPS) is 9.90. The van der Waals surface area contributed by atoms with E-state index in [9.17, 15) is 14.4 Å². The Morgan fingerprint density at radius 3 is 1.58 bits per heavy atom. The van der Waals surface area contributed by atoms with Crippen molar-refractivity contribution in [1.82, 2.24) is 0 Å². The first kappa shape index (κ1) is 23.6. The summed E-state index contributed by atoms with van der Waals surface area (Å²) in [4.78, 5) is 36.4. The van der Waals surface area contributed by atoms with Gasteiger partial charge in [0.15, 0.2) is 11.5 Å². The molecule has 160 valence electrons. The lowest BCUT2D eigenvalue weighted by atomic mass is 10.1. The topological polar surface area (TPSA) is 81.7 Å². The maximum absolute atomic E-state index is 12.6. The molecule has 6 nitrogen and oxygen atoms in total. The number of anilines is 1. The Morgan fingerprint density at radius 1 is 0.677 bits per heavy atom. The molecule has 0 heterocycles. The second-order valence-electron chi connectivity index (χ2n) is 6.85. The lowest BCUT2D eigenvalue weighted by molar-refractivity contribution is -0.114. The predicted molar refractivity (Wildman–Crippen MR) is 120 cm³/mol. The van der Waals surface area contributed by atoms with Crippen molar-refractivity contribution in [3.63, 3.8) is 0 Å². The molecule has 0 aromatic heterocycles. The van der Waals surface area contributed by atoms with E-state index in [4.69, 9.17) is 9.47 Å². The molecular formula is C24H22ClNO5. The van der Waals surface area contributed by atoms with Crippen LogP contribution in [0, 0.1) is 13.8 Å². The Morgan fingerprint density at radius 2 is 1.13 bits per heavy atom. The molecule has 3 rings (SSSR count). The molecule has 0 aliphatic carbocycles. The van der Waals surface area contributed by atoms with E-state index in [0.717, 1.165) is 11.1 Å².